The molecule has 0 fully saturated rings. The third-order valence-electron chi connectivity index (χ3n) is 4.65. The van der Waals surface area contributed by atoms with E-state index in [0.717, 1.165) is 34.4 Å². The number of aliphatic hydroxyl groups is 1. The van der Waals surface area contributed by atoms with E-state index < -0.39 is 6.10 Å². The predicted molar refractivity (Wildman–Crippen MR) is 107 cm³/mol. The molecule has 1 aliphatic carbocycles. The van der Waals surface area contributed by atoms with Gasteiger partial charge in [0.1, 0.15) is 28.5 Å². The van der Waals surface area contributed by atoms with Crippen LogP contribution in [0, 0.1) is 5.92 Å². The normalized spacial score (nSPS) is 17.8. The van der Waals surface area contributed by atoms with E-state index in [1.807, 2.05) is 41.7 Å². The second-order valence-electron chi connectivity index (χ2n) is 6.80. The summed E-state index contributed by atoms with van der Waals surface area (Å²) in [5.74, 6) is 2.08. The molecule has 6 heteroatoms. The molecule has 2 atom stereocenters. The van der Waals surface area contributed by atoms with E-state index in [1.54, 1.807) is 18.1 Å². The summed E-state index contributed by atoms with van der Waals surface area (Å²) in [5.41, 5.74) is 1.43. The number of benzene rings is 1. The maximum Gasteiger partial charge on any atom is 0.128 e. The summed E-state index contributed by atoms with van der Waals surface area (Å²) in [4.78, 5) is 11.5. The number of aliphatic hydroxyl groups excluding tert-OH is 1. The smallest absolute Gasteiger partial charge is 0.128 e. The molecular weight excluding hydrogens is 364 g/mol. The van der Waals surface area contributed by atoms with Gasteiger partial charge in [-0.25, -0.2) is 9.97 Å². The number of nitrogens with zero attached hydrogens (tertiary/aromatic N) is 2. The molecule has 4 rings (SSSR count). The number of para-hydroxylation sites is 1. The number of hydrogen-bond acceptors (Lipinski definition) is 6. The standard InChI is InChI=1S/C20H22N2O2S2/c1-13-7-8-16-17(9-13)26-20-18(16)19(21-12-22-20)25-11-14(23)10-24-15-5-3-2-4-6-15/h2-6,12-14,23H,7-11H2,1H3/t13-,14-/m1/s1. The van der Waals surface area contributed by atoms with E-state index in [4.69, 9.17) is 4.74 Å². The van der Waals surface area contributed by atoms with Gasteiger partial charge in [-0.3, -0.25) is 0 Å². The second-order valence-corrected chi connectivity index (χ2v) is 8.89. The molecule has 4 nitrogen and oxygen atoms in total. The number of fused-ring (bicyclic) bond motifs is 3. The molecule has 136 valence electrons. The molecule has 2 heterocycles. The average molecular weight is 387 g/mol. The van der Waals surface area contributed by atoms with Crippen molar-refractivity contribution >= 4 is 33.3 Å². The van der Waals surface area contributed by atoms with Crippen molar-refractivity contribution in [2.75, 3.05) is 12.4 Å². The van der Waals surface area contributed by atoms with Gasteiger partial charge in [-0.2, -0.15) is 0 Å². The van der Waals surface area contributed by atoms with E-state index in [9.17, 15) is 5.11 Å². The first-order valence-corrected chi connectivity index (χ1v) is 10.7. The van der Waals surface area contributed by atoms with Crippen LogP contribution in [0.1, 0.15) is 23.8 Å². The topological polar surface area (TPSA) is 55.2 Å². The first kappa shape index (κ1) is 17.8. The molecule has 2 aromatic heterocycles. The van der Waals surface area contributed by atoms with Gasteiger partial charge in [-0.05, 0) is 42.9 Å². The molecule has 0 saturated heterocycles. The number of thiophene rings is 1. The Labute approximate surface area is 161 Å². The summed E-state index contributed by atoms with van der Waals surface area (Å²) in [6.45, 7) is 2.60. The van der Waals surface area contributed by atoms with Crippen LogP contribution >= 0.6 is 23.1 Å². The Hall–Kier alpha value is -1.63. The van der Waals surface area contributed by atoms with E-state index in [-0.39, 0.29) is 6.61 Å². The molecule has 1 N–H and O–H groups in total. The number of thioether (sulfide) groups is 1. The molecule has 0 unspecified atom stereocenters. The number of ether oxygens (including phenoxy) is 1. The average Bonchev–Trinajstić information content (AvgIpc) is 3.03. The fourth-order valence-electron chi connectivity index (χ4n) is 3.29. The number of rotatable bonds is 6. The molecule has 0 aliphatic heterocycles. The van der Waals surface area contributed by atoms with Crippen LogP contribution in [0.4, 0.5) is 0 Å². The molecule has 0 bridgehead atoms. The fraction of sp³-hybridized carbons (Fsp3) is 0.400. The lowest BCUT2D eigenvalue weighted by atomic mass is 9.89. The lowest BCUT2D eigenvalue weighted by Gasteiger charge is -2.18. The van der Waals surface area contributed by atoms with Crippen LogP contribution in [0.5, 0.6) is 5.75 Å². The quantitative estimate of drug-likeness (QED) is 0.504. The van der Waals surface area contributed by atoms with Crippen LogP contribution in [0.3, 0.4) is 0 Å². The van der Waals surface area contributed by atoms with Gasteiger partial charge in [0.25, 0.3) is 0 Å². The number of aromatic nitrogens is 2. The second kappa shape index (κ2) is 7.94. The van der Waals surface area contributed by atoms with Crippen molar-refractivity contribution in [2.24, 2.45) is 5.92 Å². The van der Waals surface area contributed by atoms with E-state index in [0.29, 0.717) is 5.75 Å². The highest BCUT2D eigenvalue weighted by Crippen LogP contribution is 2.40. The number of aryl methyl sites for hydroxylation is 1. The Morgan fingerprint density at radius 3 is 3.00 bits per heavy atom. The molecule has 1 aliphatic rings. The zero-order valence-corrected chi connectivity index (χ0v) is 16.4. The molecule has 3 aromatic rings. The Bertz CT molecular complexity index is 882. The minimum Gasteiger partial charge on any atom is -0.491 e. The third-order valence-corrected chi connectivity index (χ3v) is 6.95. The van der Waals surface area contributed by atoms with Crippen LogP contribution in [0.25, 0.3) is 10.2 Å². The van der Waals surface area contributed by atoms with Crippen molar-refractivity contribution in [1.29, 1.82) is 0 Å². The maximum atomic E-state index is 10.3. The zero-order valence-electron chi connectivity index (χ0n) is 14.7. The molecule has 0 amide bonds. The van der Waals surface area contributed by atoms with E-state index in [1.165, 1.54) is 22.2 Å². The molecule has 0 spiro atoms. The van der Waals surface area contributed by atoms with Gasteiger partial charge in [0, 0.05) is 16.0 Å². The lowest BCUT2D eigenvalue weighted by molar-refractivity contribution is 0.126. The fourth-order valence-corrected chi connectivity index (χ4v) is 5.64. The van der Waals surface area contributed by atoms with Gasteiger partial charge in [-0.1, -0.05) is 25.1 Å². The van der Waals surface area contributed by atoms with Gasteiger partial charge < -0.3 is 9.84 Å². The largest absolute Gasteiger partial charge is 0.491 e. The van der Waals surface area contributed by atoms with Gasteiger partial charge in [0.15, 0.2) is 0 Å². The SMILES string of the molecule is C[C@@H]1CCc2c(sc3ncnc(SC[C@H](O)COc4ccccc4)c23)C1. The van der Waals surface area contributed by atoms with E-state index in [2.05, 4.69) is 16.9 Å². The van der Waals surface area contributed by atoms with Crippen LogP contribution in [0.2, 0.25) is 0 Å². The summed E-state index contributed by atoms with van der Waals surface area (Å²) in [5, 5.41) is 12.5. The maximum absolute atomic E-state index is 10.3. The van der Waals surface area contributed by atoms with Gasteiger partial charge in [-0.15, -0.1) is 23.1 Å². The Morgan fingerprint density at radius 1 is 1.31 bits per heavy atom. The highest BCUT2D eigenvalue weighted by Gasteiger charge is 2.23. The molecule has 0 saturated carbocycles. The predicted octanol–water partition coefficient (Wildman–Crippen LogP) is 4.35. The molecule has 1 aromatic carbocycles. The minimum atomic E-state index is -0.542. The third kappa shape index (κ3) is 3.87. The molecule has 26 heavy (non-hydrogen) atoms. The highest BCUT2D eigenvalue weighted by atomic mass is 32.2. The summed E-state index contributed by atoms with van der Waals surface area (Å²) in [6.07, 6.45) is 4.58. The Kier molecular flexibility index (Phi) is 5.43. The Balaban J connectivity index is 1.44. The summed E-state index contributed by atoms with van der Waals surface area (Å²) in [6, 6.07) is 9.59. The first-order valence-electron chi connectivity index (χ1n) is 8.94. The van der Waals surface area contributed by atoms with Crippen molar-refractivity contribution in [3.63, 3.8) is 0 Å². The Morgan fingerprint density at radius 2 is 2.15 bits per heavy atom. The van der Waals surface area contributed by atoms with Crippen molar-refractivity contribution in [3.8, 4) is 5.75 Å². The van der Waals surface area contributed by atoms with E-state index >= 15 is 0 Å². The molecular formula is C20H22N2O2S2. The minimum absolute atomic E-state index is 0.282. The van der Waals surface area contributed by atoms with Gasteiger partial charge in [0.2, 0.25) is 0 Å². The summed E-state index contributed by atoms with van der Waals surface area (Å²) in [7, 11) is 0. The van der Waals surface area contributed by atoms with Crippen molar-refractivity contribution in [2.45, 2.75) is 37.3 Å². The van der Waals surface area contributed by atoms with Gasteiger partial charge >= 0.3 is 0 Å². The number of hydrogen-bond donors (Lipinski definition) is 1. The van der Waals surface area contributed by atoms with Crippen LogP contribution in [0.15, 0.2) is 41.7 Å². The van der Waals surface area contributed by atoms with Crippen molar-refractivity contribution in [1.82, 2.24) is 9.97 Å². The highest BCUT2D eigenvalue weighted by molar-refractivity contribution is 7.99. The summed E-state index contributed by atoms with van der Waals surface area (Å²) < 4.78 is 5.64. The van der Waals surface area contributed by atoms with Crippen LogP contribution in [-0.2, 0) is 12.8 Å². The van der Waals surface area contributed by atoms with Crippen LogP contribution in [-0.4, -0.2) is 33.5 Å². The van der Waals surface area contributed by atoms with Crippen molar-refractivity contribution in [3.05, 3.63) is 47.1 Å². The van der Waals surface area contributed by atoms with Crippen molar-refractivity contribution < 1.29 is 9.84 Å². The van der Waals surface area contributed by atoms with Crippen LogP contribution < -0.4 is 4.74 Å². The monoisotopic (exact) mass is 386 g/mol. The lowest BCUT2D eigenvalue weighted by Crippen LogP contribution is -2.20. The first-order chi connectivity index (χ1) is 12.7. The van der Waals surface area contributed by atoms with Gasteiger partial charge in [0.05, 0.1) is 6.10 Å². The summed E-state index contributed by atoms with van der Waals surface area (Å²) >= 11 is 3.40. The zero-order chi connectivity index (χ0) is 17.9. The molecule has 0 radical (unpaired) electrons.